The van der Waals surface area contributed by atoms with Crippen molar-refractivity contribution < 1.29 is 9.59 Å². The molecule has 3 N–H and O–H groups in total. The SMILES string of the molecule is CCN(CC(=O)Nc1c(C)cccc1C)C(=O)[C@@H](C)N.Cl. The molecule has 0 saturated heterocycles. The summed E-state index contributed by atoms with van der Waals surface area (Å²) in [7, 11) is 0. The highest BCUT2D eigenvalue weighted by Gasteiger charge is 2.19. The molecule has 2 amide bonds. The molecule has 0 radical (unpaired) electrons. The molecule has 0 aliphatic heterocycles. The minimum atomic E-state index is -0.594. The average molecular weight is 314 g/mol. The molecule has 5 nitrogen and oxygen atoms in total. The quantitative estimate of drug-likeness (QED) is 0.871. The van der Waals surface area contributed by atoms with E-state index in [2.05, 4.69) is 5.32 Å². The Hall–Kier alpha value is -1.59. The molecule has 1 aromatic carbocycles. The van der Waals surface area contributed by atoms with Gasteiger partial charge in [-0.15, -0.1) is 12.4 Å². The van der Waals surface area contributed by atoms with E-state index < -0.39 is 6.04 Å². The Morgan fingerprint density at radius 2 is 1.81 bits per heavy atom. The van der Waals surface area contributed by atoms with E-state index in [9.17, 15) is 9.59 Å². The van der Waals surface area contributed by atoms with E-state index in [1.807, 2.05) is 39.0 Å². The molecule has 1 aromatic rings. The lowest BCUT2D eigenvalue weighted by Crippen LogP contribution is -2.45. The number of nitrogens with zero attached hydrogens (tertiary/aromatic N) is 1. The summed E-state index contributed by atoms with van der Waals surface area (Å²) < 4.78 is 0. The number of hydrogen-bond donors (Lipinski definition) is 2. The van der Waals surface area contributed by atoms with Gasteiger partial charge in [0, 0.05) is 12.2 Å². The first-order valence-corrected chi connectivity index (χ1v) is 6.77. The number of halogens is 1. The lowest BCUT2D eigenvalue weighted by molar-refractivity contribution is -0.135. The monoisotopic (exact) mass is 313 g/mol. The number of nitrogens with two attached hydrogens (primary N) is 1. The lowest BCUT2D eigenvalue weighted by Gasteiger charge is -2.22. The third-order valence-electron chi connectivity index (χ3n) is 3.16. The fourth-order valence-electron chi connectivity index (χ4n) is 2.00. The number of para-hydroxylation sites is 1. The van der Waals surface area contributed by atoms with Crippen LogP contribution in [0.5, 0.6) is 0 Å². The number of amides is 2. The number of carbonyl (C=O) groups excluding carboxylic acids is 2. The van der Waals surface area contributed by atoms with Crippen molar-refractivity contribution in [3.8, 4) is 0 Å². The van der Waals surface area contributed by atoms with Gasteiger partial charge in [0.05, 0.1) is 12.6 Å². The van der Waals surface area contributed by atoms with Crippen LogP contribution in [0.1, 0.15) is 25.0 Å². The van der Waals surface area contributed by atoms with Crippen LogP contribution in [0, 0.1) is 13.8 Å². The van der Waals surface area contributed by atoms with Gasteiger partial charge in [-0.25, -0.2) is 0 Å². The summed E-state index contributed by atoms with van der Waals surface area (Å²) in [5.74, 6) is -0.428. The Bertz CT molecular complexity index is 483. The van der Waals surface area contributed by atoms with E-state index in [0.29, 0.717) is 6.54 Å². The molecule has 0 fully saturated rings. The molecule has 0 aliphatic rings. The summed E-state index contributed by atoms with van der Waals surface area (Å²) in [6.45, 7) is 7.80. The number of nitrogens with one attached hydrogen (secondary N) is 1. The van der Waals surface area contributed by atoms with Gasteiger partial charge in [-0.2, -0.15) is 0 Å². The van der Waals surface area contributed by atoms with Gasteiger partial charge in [0.15, 0.2) is 0 Å². The lowest BCUT2D eigenvalue weighted by atomic mass is 10.1. The Morgan fingerprint density at radius 3 is 2.24 bits per heavy atom. The van der Waals surface area contributed by atoms with E-state index in [1.54, 1.807) is 6.92 Å². The fraction of sp³-hybridized carbons (Fsp3) is 0.467. The zero-order valence-electron chi connectivity index (χ0n) is 13.0. The van der Waals surface area contributed by atoms with E-state index in [1.165, 1.54) is 4.90 Å². The number of aryl methyl sites for hydroxylation is 2. The molecule has 0 aromatic heterocycles. The zero-order chi connectivity index (χ0) is 15.3. The molecule has 0 heterocycles. The maximum Gasteiger partial charge on any atom is 0.244 e. The summed E-state index contributed by atoms with van der Waals surface area (Å²) in [5.41, 5.74) is 8.37. The fourth-order valence-corrected chi connectivity index (χ4v) is 2.00. The highest BCUT2D eigenvalue weighted by molar-refractivity contribution is 5.96. The minimum absolute atomic E-state index is 0. The molecule has 0 saturated carbocycles. The van der Waals surface area contributed by atoms with Gasteiger partial charge in [-0.3, -0.25) is 9.59 Å². The Labute approximate surface area is 132 Å². The maximum absolute atomic E-state index is 12.1. The Kier molecular flexibility index (Phi) is 7.99. The average Bonchev–Trinajstić information content (AvgIpc) is 2.39. The van der Waals surface area contributed by atoms with Gasteiger partial charge in [0.2, 0.25) is 11.8 Å². The second kappa shape index (κ2) is 8.64. The van der Waals surface area contributed by atoms with Crippen LogP contribution in [0.25, 0.3) is 0 Å². The van der Waals surface area contributed by atoms with E-state index in [-0.39, 0.29) is 30.8 Å². The van der Waals surface area contributed by atoms with E-state index >= 15 is 0 Å². The highest BCUT2D eigenvalue weighted by Crippen LogP contribution is 2.19. The van der Waals surface area contributed by atoms with Crippen LogP contribution in [0.15, 0.2) is 18.2 Å². The molecular weight excluding hydrogens is 290 g/mol. The van der Waals surface area contributed by atoms with Crippen molar-refractivity contribution in [2.24, 2.45) is 5.73 Å². The predicted octanol–water partition coefficient (Wildman–Crippen LogP) is 1.86. The summed E-state index contributed by atoms with van der Waals surface area (Å²) in [5, 5.41) is 2.86. The van der Waals surface area contributed by atoms with E-state index in [4.69, 9.17) is 5.73 Å². The van der Waals surface area contributed by atoms with Gasteiger partial charge in [0.1, 0.15) is 0 Å². The third kappa shape index (κ3) is 5.36. The standard InChI is InChI=1S/C15H23N3O2.ClH/c1-5-18(15(20)12(4)16)9-13(19)17-14-10(2)7-6-8-11(14)3;/h6-8,12H,5,9,16H2,1-4H3,(H,17,19);1H/t12-;/m1./s1. The second-order valence-corrected chi connectivity index (χ2v) is 4.96. The van der Waals surface area contributed by atoms with E-state index in [0.717, 1.165) is 16.8 Å². The number of carbonyl (C=O) groups is 2. The first-order valence-electron chi connectivity index (χ1n) is 6.77. The number of rotatable bonds is 5. The molecule has 1 rings (SSSR count). The highest BCUT2D eigenvalue weighted by atomic mass is 35.5. The van der Waals surface area contributed by atoms with Crippen LogP contribution < -0.4 is 11.1 Å². The Morgan fingerprint density at radius 1 is 1.29 bits per heavy atom. The largest absolute Gasteiger partial charge is 0.332 e. The smallest absolute Gasteiger partial charge is 0.244 e. The van der Waals surface area contributed by atoms with Gasteiger partial charge >= 0.3 is 0 Å². The number of likely N-dealkylation sites (N-methyl/N-ethyl adjacent to an activating group) is 1. The van der Waals surface area contributed by atoms with Crippen molar-refractivity contribution >= 4 is 29.9 Å². The number of benzene rings is 1. The molecular formula is C15H24ClN3O2. The van der Waals surface area contributed by atoms with Gasteiger partial charge in [-0.1, -0.05) is 18.2 Å². The normalized spacial score (nSPS) is 11.3. The van der Waals surface area contributed by atoms with Crippen molar-refractivity contribution in [3.63, 3.8) is 0 Å². The summed E-state index contributed by atoms with van der Waals surface area (Å²) in [6.07, 6.45) is 0. The summed E-state index contributed by atoms with van der Waals surface area (Å²) in [4.78, 5) is 25.3. The topological polar surface area (TPSA) is 75.4 Å². The molecule has 118 valence electrons. The van der Waals surface area contributed by atoms with Crippen molar-refractivity contribution in [3.05, 3.63) is 29.3 Å². The number of anilines is 1. The minimum Gasteiger partial charge on any atom is -0.332 e. The van der Waals surface area contributed by atoms with Gasteiger partial charge in [-0.05, 0) is 38.8 Å². The molecule has 0 bridgehead atoms. The molecule has 0 unspecified atom stereocenters. The molecule has 1 atom stereocenters. The van der Waals surface area contributed by atoms with Crippen LogP contribution in [0.4, 0.5) is 5.69 Å². The predicted molar refractivity (Wildman–Crippen MR) is 87.7 cm³/mol. The van der Waals surface area contributed by atoms with Crippen LogP contribution in [-0.2, 0) is 9.59 Å². The van der Waals surface area contributed by atoms with Crippen LogP contribution in [-0.4, -0.2) is 35.8 Å². The molecule has 21 heavy (non-hydrogen) atoms. The van der Waals surface area contributed by atoms with Crippen LogP contribution in [0.3, 0.4) is 0 Å². The van der Waals surface area contributed by atoms with Gasteiger partial charge < -0.3 is 16.0 Å². The van der Waals surface area contributed by atoms with Crippen molar-refractivity contribution in [1.82, 2.24) is 4.90 Å². The Balaban J connectivity index is 0.00000400. The molecule has 6 heteroatoms. The van der Waals surface area contributed by atoms with Crippen LogP contribution in [0.2, 0.25) is 0 Å². The molecule has 0 aliphatic carbocycles. The summed E-state index contributed by atoms with van der Waals surface area (Å²) in [6, 6.07) is 5.22. The van der Waals surface area contributed by atoms with Gasteiger partial charge in [0.25, 0.3) is 0 Å². The maximum atomic E-state index is 12.1. The second-order valence-electron chi connectivity index (χ2n) is 4.96. The van der Waals surface area contributed by atoms with Crippen molar-refractivity contribution in [1.29, 1.82) is 0 Å². The third-order valence-corrected chi connectivity index (χ3v) is 3.16. The van der Waals surface area contributed by atoms with Crippen LogP contribution >= 0.6 is 12.4 Å². The van der Waals surface area contributed by atoms with Crippen molar-refractivity contribution in [2.45, 2.75) is 33.7 Å². The van der Waals surface area contributed by atoms with Crippen molar-refractivity contribution in [2.75, 3.05) is 18.4 Å². The zero-order valence-corrected chi connectivity index (χ0v) is 13.8. The summed E-state index contributed by atoms with van der Waals surface area (Å²) >= 11 is 0. The first-order chi connectivity index (χ1) is 9.36. The first kappa shape index (κ1) is 19.4. The number of hydrogen-bond acceptors (Lipinski definition) is 3. The molecule has 0 spiro atoms.